The lowest BCUT2D eigenvalue weighted by Gasteiger charge is -2.10. The van der Waals surface area contributed by atoms with Crippen LogP contribution >= 0.6 is 0 Å². The van der Waals surface area contributed by atoms with Crippen LogP contribution in [0.15, 0.2) is 30.6 Å². The minimum Gasteiger partial charge on any atom is -0.508 e. The SMILES string of the molecule is Cn1cc(CCNC2COc3cc(O)ccc32)cn1. The van der Waals surface area contributed by atoms with Crippen molar-refractivity contribution in [3.63, 3.8) is 0 Å². The number of nitrogens with zero attached hydrogens (tertiary/aromatic N) is 2. The lowest BCUT2D eigenvalue weighted by atomic mass is 10.1. The van der Waals surface area contributed by atoms with E-state index >= 15 is 0 Å². The lowest BCUT2D eigenvalue weighted by molar-refractivity contribution is 0.311. The zero-order valence-electron chi connectivity index (χ0n) is 10.8. The zero-order chi connectivity index (χ0) is 13.2. The van der Waals surface area contributed by atoms with Gasteiger partial charge in [-0.1, -0.05) is 0 Å². The van der Waals surface area contributed by atoms with E-state index in [-0.39, 0.29) is 11.8 Å². The highest BCUT2D eigenvalue weighted by Gasteiger charge is 2.23. The van der Waals surface area contributed by atoms with Gasteiger partial charge in [-0.25, -0.2) is 0 Å². The van der Waals surface area contributed by atoms with Crippen molar-refractivity contribution in [2.24, 2.45) is 7.05 Å². The van der Waals surface area contributed by atoms with Gasteiger partial charge in [0.15, 0.2) is 0 Å². The van der Waals surface area contributed by atoms with E-state index in [1.165, 1.54) is 5.56 Å². The van der Waals surface area contributed by atoms with Crippen LogP contribution in [0.2, 0.25) is 0 Å². The summed E-state index contributed by atoms with van der Waals surface area (Å²) in [6, 6.07) is 5.48. The molecular weight excluding hydrogens is 242 g/mol. The van der Waals surface area contributed by atoms with Gasteiger partial charge in [0.25, 0.3) is 0 Å². The summed E-state index contributed by atoms with van der Waals surface area (Å²) in [5.74, 6) is 1.02. The molecule has 5 heteroatoms. The number of benzene rings is 1. The van der Waals surface area contributed by atoms with Crippen molar-refractivity contribution in [1.29, 1.82) is 0 Å². The summed E-state index contributed by atoms with van der Waals surface area (Å²) >= 11 is 0. The predicted molar refractivity (Wildman–Crippen MR) is 71.3 cm³/mol. The van der Waals surface area contributed by atoms with Crippen molar-refractivity contribution < 1.29 is 9.84 Å². The Balaban J connectivity index is 1.58. The van der Waals surface area contributed by atoms with E-state index in [4.69, 9.17) is 4.74 Å². The molecule has 2 N–H and O–H groups in total. The average Bonchev–Trinajstić information content (AvgIpc) is 2.96. The van der Waals surface area contributed by atoms with Gasteiger partial charge in [0.2, 0.25) is 0 Å². The normalized spacial score (nSPS) is 17.2. The number of aryl methyl sites for hydroxylation is 1. The molecule has 1 aromatic heterocycles. The Labute approximate surface area is 111 Å². The van der Waals surface area contributed by atoms with Crippen LogP contribution in [0.25, 0.3) is 0 Å². The van der Waals surface area contributed by atoms with Crippen LogP contribution in [-0.4, -0.2) is 28.0 Å². The molecule has 0 aliphatic carbocycles. The highest BCUT2D eigenvalue weighted by atomic mass is 16.5. The fraction of sp³-hybridized carbons (Fsp3) is 0.357. The topological polar surface area (TPSA) is 59.3 Å². The van der Waals surface area contributed by atoms with E-state index in [1.807, 2.05) is 30.2 Å². The third-order valence-corrected chi connectivity index (χ3v) is 3.34. The van der Waals surface area contributed by atoms with Crippen molar-refractivity contribution >= 4 is 0 Å². The molecule has 100 valence electrons. The third kappa shape index (κ3) is 2.56. The number of phenols is 1. The van der Waals surface area contributed by atoms with E-state index < -0.39 is 0 Å². The van der Waals surface area contributed by atoms with Crippen LogP contribution in [-0.2, 0) is 13.5 Å². The Morgan fingerprint density at radius 2 is 2.42 bits per heavy atom. The molecule has 0 bridgehead atoms. The average molecular weight is 259 g/mol. The van der Waals surface area contributed by atoms with Crippen molar-refractivity contribution in [3.8, 4) is 11.5 Å². The van der Waals surface area contributed by atoms with Crippen LogP contribution in [0.1, 0.15) is 17.2 Å². The first-order valence-corrected chi connectivity index (χ1v) is 6.39. The van der Waals surface area contributed by atoms with E-state index in [9.17, 15) is 5.11 Å². The number of ether oxygens (including phenoxy) is 1. The zero-order valence-corrected chi connectivity index (χ0v) is 10.8. The van der Waals surface area contributed by atoms with E-state index in [2.05, 4.69) is 10.4 Å². The Bertz CT molecular complexity index is 580. The second-order valence-corrected chi connectivity index (χ2v) is 4.81. The molecule has 5 nitrogen and oxygen atoms in total. The highest BCUT2D eigenvalue weighted by Crippen LogP contribution is 2.34. The first-order chi connectivity index (χ1) is 9.22. The monoisotopic (exact) mass is 259 g/mol. The number of aromatic nitrogens is 2. The van der Waals surface area contributed by atoms with Gasteiger partial charge in [0.05, 0.1) is 12.2 Å². The summed E-state index contributed by atoms with van der Waals surface area (Å²) in [4.78, 5) is 0. The summed E-state index contributed by atoms with van der Waals surface area (Å²) in [5, 5.41) is 17.0. The maximum Gasteiger partial charge on any atom is 0.127 e. The molecule has 19 heavy (non-hydrogen) atoms. The Morgan fingerprint density at radius 1 is 1.53 bits per heavy atom. The van der Waals surface area contributed by atoms with Gasteiger partial charge < -0.3 is 15.2 Å². The standard InChI is InChI=1S/C14H17N3O2/c1-17-8-10(7-16-17)4-5-15-13-9-19-14-6-11(18)2-3-12(13)14/h2-3,6-8,13,15,18H,4-5,9H2,1H3. The molecule has 0 amide bonds. The molecule has 1 aliphatic heterocycles. The molecule has 1 aromatic carbocycles. The second-order valence-electron chi connectivity index (χ2n) is 4.81. The number of nitrogens with one attached hydrogen (secondary N) is 1. The summed E-state index contributed by atoms with van der Waals surface area (Å²) < 4.78 is 7.37. The Kier molecular flexibility index (Phi) is 3.13. The van der Waals surface area contributed by atoms with Crippen LogP contribution in [0.5, 0.6) is 11.5 Å². The molecule has 3 rings (SSSR count). The van der Waals surface area contributed by atoms with E-state index in [1.54, 1.807) is 12.1 Å². The lowest BCUT2D eigenvalue weighted by Crippen LogP contribution is -2.24. The minimum atomic E-state index is 0.201. The van der Waals surface area contributed by atoms with Crippen LogP contribution in [0, 0.1) is 0 Å². The van der Waals surface area contributed by atoms with Crippen molar-refractivity contribution in [3.05, 3.63) is 41.7 Å². The first kappa shape index (κ1) is 12.0. The van der Waals surface area contributed by atoms with Crippen molar-refractivity contribution in [1.82, 2.24) is 15.1 Å². The molecule has 0 saturated heterocycles. The second kappa shape index (κ2) is 4.93. The molecule has 2 heterocycles. The number of rotatable bonds is 4. The maximum absolute atomic E-state index is 9.40. The largest absolute Gasteiger partial charge is 0.508 e. The van der Waals surface area contributed by atoms with Gasteiger partial charge in [-0.15, -0.1) is 0 Å². The molecule has 2 aromatic rings. The van der Waals surface area contributed by atoms with Crippen molar-refractivity contribution in [2.45, 2.75) is 12.5 Å². The minimum absolute atomic E-state index is 0.201. The van der Waals surface area contributed by atoms with E-state index in [0.29, 0.717) is 6.61 Å². The van der Waals surface area contributed by atoms with Gasteiger partial charge in [-0.3, -0.25) is 4.68 Å². The number of hydrogen-bond donors (Lipinski definition) is 2. The summed E-state index contributed by atoms with van der Waals surface area (Å²) in [6.45, 7) is 1.49. The molecule has 1 atom stereocenters. The van der Waals surface area contributed by atoms with Crippen LogP contribution in [0.4, 0.5) is 0 Å². The van der Waals surface area contributed by atoms with Gasteiger partial charge in [0, 0.05) is 24.9 Å². The van der Waals surface area contributed by atoms with Gasteiger partial charge >= 0.3 is 0 Å². The molecule has 0 fully saturated rings. The molecule has 0 saturated carbocycles. The molecule has 1 aliphatic rings. The smallest absolute Gasteiger partial charge is 0.127 e. The summed E-state index contributed by atoms with van der Waals surface area (Å²) in [6.07, 6.45) is 4.86. The fourth-order valence-electron chi connectivity index (χ4n) is 2.36. The first-order valence-electron chi connectivity index (χ1n) is 6.39. The number of aromatic hydroxyl groups is 1. The fourth-order valence-corrected chi connectivity index (χ4v) is 2.36. The Hall–Kier alpha value is -2.01. The van der Waals surface area contributed by atoms with Gasteiger partial charge in [0.1, 0.15) is 18.1 Å². The number of hydrogen-bond acceptors (Lipinski definition) is 4. The molecule has 1 unspecified atom stereocenters. The third-order valence-electron chi connectivity index (χ3n) is 3.34. The highest BCUT2D eigenvalue weighted by molar-refractivity contribution is 5.44. The van der Waals surface area contributed by atoms with E-state index in [0.717, 1.165) is 24.3 Å². The quantitative estimate of drug-likeness (QED) is 0.871. The number of fused-ring (bicyclic) bond motifs is 1. The summed E-state index contributed by atoms with van der Waals surface area (Å²) in [5.41, 5.74) is 2.34. The van der Waals surface area contributed by atoms with Gasteiger partial charge in [-0.05, 0) is 30.7 Å². The van der Waals surface area contributed by atoms with Crippen molar-refractivity contribution in [2.75, 3.05) is 13.2 Å². The molecule has 0 spiro atoms. The van der Waals surface area contributed by atoms with Crippen LogP contribution in [0.3, 0.4) is 0 Å². The maximum atomic E-state index is 9.40. The molecule has 0 radical (unpaired) electrons. The van der Waals surface area contributed by atoms with Gasteiger partial charge in [-0.2, -0.15) is 5.10 Å². The Morgan fingerprint density at radius 3 is 3.21 bits per heavy atom. The van der Waals surface area contributed by atoms with Crippen LogP contribution < -0.4 is 10.1 Å². The summed E-state index contributed by atoms with van der Waals surface area (Å²) in [7, 11) is 1.92. The predicted octanol–water partition coefficient (Wildman–Crippen LogP) is 1.39. The molecular formula is C14H17N3O2. The number of phenolic OH excluding ortho intramolecular Hbond substituents is 1.